The standard InChI is InChI=1S/C19H24N4O.C2H3F3O.C2H6/c24-19(21-17-4-2-1-3-5-17)22-18-9-14-23(15-10-18)13-8-16-6-11-20-12-7-16;1-6-2(3,4)5;1-2/h1-7,11-12,18H,8-10,13-15H2,(H2,21,22,24);1H3;1-2H3. The Balaban J connectivity index is 0.000000556. The summed E-state index contributed by atoms with van der Waals surface area (Å²) in [6.07, 6.45) is 2.28. The number of carbonyl (C=O) groups excluding carboxylic acids is 1. The normalized spacial score (nSPS) is 14.3. The van der Waals surface area contributed by atoms with Gasteiger partial charge in [-0.2, -0.15) is 0 Å². The van der Waals surface area contributed by atoms with Crippen LogP contribution >= 0.6 is 0 Å². The number of anilines is 1. The van der Waals surface area contributed by atoms with Crippen LogP contribution in [0.2, 0.25) is 0 Å². The van der Waals surface area contributed by atoms with Crippen molar-refractivity contribution in [2.45, 2.75) is 45.5 Å². The SMILES string of the molecule is CC.COC(F)(F)F.O=C(Nc1ccccc1)NC1CCN(CCc2ccncc2)CC1. The molecule has 0 saturated carbocycles. The van der Waals surface area contributed by atoms with Gasteiger partial charge in [-0.1, -0.05) is 32.0 Å². The van der Waals surface area contributed by atoms with E-state index >= 15 is 0 Å². The Hall–Kier alpha value is -2.65. The molecule has 0 unspecified atom stereocenters. The van der Waals surface area contributed by atoms with Crippen LogP contribution in [0, 0.1) is 0 Å². The van der Waals surface area contributed by atoms with Crippen molar-refractivity contribution in [2.75, 3.05) is 32.1 Å². The molecule has 0 bridgehead atoms. The molecule has 32 heavy (non-hydrogen) atoms. The number of para-hydroxylation sites is 1. The number of carbonyl (C=O) groups is 1. The zero-order valence-electron chi connectivity index (χ0n) is 18.9. The van der Waals surface area contributed by atoms with Gasteiger partial charge in [0.15, 0.2) is 0 Å². The number of alkyl halides is 3. The molecule has 0 atom stereocenters. The molecule has 178 valence electrons. The van der Waals surface area contributed by atoms with E-state index in [1.165, 1.54) is 5.56 Å². The van der Waals surface area contributed by atoms with Gasteiger partial charge in [0, 0.05) is 50.9 Å². The predicted octanol–water partition coefficient (Wildman–Crippen LogP) is 5.09. The van der Waals surface area contributed by atoms with Gasteiger partial charge in [0.2, 0.25) is 0 Å². The molecule has 3 rings (SSSR count). The maximum atomic E-state index is 12.0. The smallest absolute Gasteiger partial charge is 0.335 e. The number of piperidine rings is 1. The summed E-state index contributed by atoms with van der Waals surface area (Å²) in [6.45, 7) is 7.12. The molecule has 2 heterocycles. The van der Waals surface area contributed by atoms with Gasteiger partial charge in [0.05, 0.1) is 0 Å². The van der Waals surface area contributed by atoms with E-state index in [2.05, 4.69) is 37.4 Å². The minimum absolute atomic E-state index is 0.114. The van der Waals surface area contributed by atoms with Crippen molar-refractivity contribution in [3.8, 4) is 0 Å². The van der Waals surface area contributed by atoms with Crippen LogP contribution in [0.25, 0.3) is 0 Å². The summed E-state index contributed by atoms with van der Waals surface area (Å²) >= 11 is 0. The molecule has 6 nitrogen and oxygen atoms in total. The number of likely N-dealkylation sites (tertiary alicyclic amines) is 1. The van der Waals surface area contributed by atoms with Crippen LogP contribution in [0.1, 0.15) is 32.3 Å². The topological polar surface area (TPSA) is 66.5 Å². The first kappa shape index (κ1) is 27.4. The first-order chi connectivity index (χ1) is 15.4. The maximum absolute atomic E-state index is 12.0. The Morgan fingerprint density at radius 3 is 2.19 bits per heavy atom. The fraction of sp³-hybridized carbons (Fsp3) is 0.478. The molecule has 1 aromatic heterocycles. The monoisotopic (exact) mass is 454 g/mol. The molecule has 1 saturated heterocycles. The first-order valence-corrected chi connectivity index (χ1v) is 10.7. The number of methoxy groups -OCH3 is 1. The molecule has 0 spiro atoms. The van der Waals surface area contributed by atoms with Crippen LogP contribution in [0.4, 0.5) is 23.7 Å². The number of nitrogens with zero attached hydrogens (tertiary/aromatic N) is 2. The minimum Gasteiger partial charge on any atom is -0.335 e. The molecule has 2 N–H and O–H groups in total. The minimum atomic E-state index is -4.46. The zero-order chi connectivity index (χ0) is 23.8. The Kier molecular flexibility index (Phi) is 13.0. The third kappa shape index (κ3) is 12.3. The highest BCUT2D eigenvalue weighted by molar-refractivity contribution is 5.89. The summed E-state index contributed by atoms with van der Waals surface area (Å²) in [6, 6.07) is 13.8. The van der Waals surface area contributed by atoms with Crippen molar-refractivity contribution in [2.24, 2.45) is 0 Å². The van der Waals surface area contributed by atoms with E-state index in [4.69, 9.17) is 0 Å². The summed E-state index contributed by atoms with van der Waals surface area (Å²) < 4.78 is 34.6. The highest BCUT2D eigenvalue weighted by Gasteiger charge is 2.25. The third-order valence-corrected chi connectivity index (χ3v) is 4.65. The van der Waals surface area contributed by atoms with Gasteiger partial charge in [-0.3, -0.25) is 9.72 Å². The number of aromatic nitrogens is 1. The molecule has 9 heteroatoms. The average Bonchev–Trinajstić information content (AvgIpc) is 2.81. The van der Waals surface area contributed by atoms with E-state index in [9.17, 15) is 18.0 Å². The third-order valence-electron chi connectivity index (χ3n) is 4.65. The number of amides is 2. The Morgan fingerprint density at radius 1 is 1.09 bits per heavy atom. The van der Waals surface area contributed by atoms with Crippen LogP contribution in [-0.2, 0) is 11.2 Å². The maximum Gasteiger partial charge on any atom is 0.522 e. The summed E-state index contributed by atoms with van der Waals surface area (Å²) in [5.74, 6) is 0. The van der Waals surface area contributed by atoms with E-state index in [0.29, 0.717) is 7.11 Å². The largest absolute Gasteiger partial charge is 0.522 e. The number of benzene rings is 1. The molecule has 2 aromatic rings. The summed E-state index contributed by atoms with van der Waals surface area (Å²) in [5.41, 5.74) is 2.15. The number of nitrogens with one attached hydrogen (secondary N) is 2. The van der Waals surface area contributed by atoms with E-state index < -0.39 is 6.36 Å². The van der Waals surface area contributed by atoms with Crippen molar-refractivity contribution >= 4 is 11.7 Å². The highest BCUT2D eigenvalue weighted by Crippen LogP contribution is 2.13. The number of ether oxygens (including phenoxy) is 1. The number of hydrogen-bond donors (Lipinski definition) is 2. The molecule has 2 amide bonds. The Morgan fingerprint density at radius 2 is 1.66 bits per heavy atom. The summed E-state index contributed by atoms with van der Waals surface area (Å²) in [7, 11) is 0.583. The fourth-order valence-electron chi connectivity index (χ4n) is 3.01. The van der Waals surface area contributed by atoms with E-state index in [1.54, 1.807) is 0 Å². The van der Waals surface area contributed by atoms with E-state index in [1.807, 2.05) is 56.6 Å². The van der Waals surface area contributed by atoms with Crippen LogP contribution in [-0.4, -0.2) is 55.1 Å². The van der Waals surface area contributed by atoms with Crippen molar-refractivity contribution in [1.82, 2.24) is 15.2 Å². The molecule has 1 aromatic carbocycles. The van der Waals surface area contributed by atoms with Crippen molar-refractivity contribution in [1.29, 1.82) is 0 Å². The van der Waals surface area contributed by atoms with Crippen LogP contribution in [0.15, 0.2) is 54.9 Å². The summed E-state index contributed by atoms with van der Waals surface area (Å²) in [5, 5.41) is 5.95. The second-order valence-electron chi connectivity index (χ2n) is 6.84. The quantitative estimate of drug-likeness (QED) is 0.661. The van der Waals surface area contributed by atoms with E-state index in [0.717, 1.165) is 44.6 Å². The van der Waals surface area contributed by atoms with Gasteiger partial charge in [-0.05, 0) is 49.1 Å². The number of urea groups is 1. The van der Waals surface area contributed by atoms with E-state index in [-0.39, 0.29) is 12.1 Å². The van der Waals surface area contributed by atoms with Crippen molar-refractivity contribution in [3.05, 3.63) is 60.4 Å². The van der Waals surface area contributed by atoms with Gasteiger partial charge in [0.25, 0.3) is 0 Å². The van der Waals surface area contributed by atoms with Crippen LogP contribution in [0.3, 0.4) is 0 Å². The lowest BCUT2D eigenvalue weighted by Gasteiger charge is -2.32. The average molecular weight is 455 g/mol. The number of rotatable bonds is 5. The second-order valence-corrected chi connectivity index (χ2v) is 6.84. The van der Waals surface area contributed by atoms with Gasteiger partial charge in [0.1, 0.15) is 0 Å². The number of halogens is 3. The summed E-state index contributed by atoms with van der Waals surface area (Å²) in [4.78, 5) is 18.5. The number of hydrogen-bond acceptors (Lipinski definition) is 4. The molecule has 1 fully saturated rings. The Labute approximate surface area is 188 Å². The highest BCUT2D eigenvalue weighted by atomic mass is 19.4. The van der Waals surface area contributed by atoms with Crippen molar-refractivity contribution in [3.63, 3.8) is 0 Å². The Bertz CT molecular complexity index is 738. The van der Waals surface area contributed by atoms with Gasteiger partial charge >= 0.3 is 12.4 Å². The molecule has 0 aliphatic carbocycles. The predicted molar refractivity (Wildman–Crippen MR) is 120 cm³/mol. The van der Waals surface area contributed by atoms with Crippen LogP contribution < -0.4 is 10.6 Å². The fourth-order valence-corrected chi connectivity index (χ4v) is 3.01. The lowest BCUT2D eigenvalue weighted by molar-refractivity contribution is -0.311. The molecule has 0 radical (unpaired) electrons. The van der Waals surface area contributed by atoms with Gasteiger partial charge in [-0.15, -0.1) is 13.2 Å². The molecule has 1 aliphatic rings. The van der Waals surface area contributed by atoms with Crippen LogP contribution in [0.5, 0.6) is 0 Å². The van der Waals surface area contributed by atoms with Gasteiger partial charge in [-0.25, -0.2) is 4.79 Å². The number of pyridine rings is 1. The van der Waals surface area contributed by atoms with Gasteiger partial charge < -0.3 is 15.5 Å². The molecular weight excluding hydrogens is 421 g/mol. The van der Waals surface area contributed by atoms with Crippen molar-refractivity contribution < 1.29 is 22.7 Å². The second kappa shape index (κ2) is 15.2. The lowest BCUT2D eigenvalue weighted by atomic mass is 10.0. The zero-order valence-corrected chi connectivity index (χ0v) is 18.9. The first-order valence-electron chi connectivity index (χ1n) is 10.7. The lowest BCUT2D eigenvalue weighted by Crippen LogP contribution is -2.46. The molecular formula is C23H33F3N4O2. The molecule has 1 aliphatic heterocycles.